The monoisotopic (exact) mass is 321 g/mol. The number of hydrogen-bond donors (Lipinski definition) is 0. The SMILES string of the molecule is CCn1c(S(C)(=O)=NS(=O)(=O)Cl)nc2ccccc21. The van der Waals surface area contributed by atoms with Crippen molar-refractivity contribution in [1.82, 2.24) is 9.55 Å². The summed E-state index contributed by atoms with van der Waals surface area (Å²) in [6.45, 7) is 2.35. The van der Waals surface area contributed by atoms with Gasteiger partial charge in [0.15, 0.2) is 0 Å². The third-order valence-corrected chi connectivity index (χ3v) is 5.85. The van der Waals surface area contributed by atoms with E-state index >= 15 is 0 Å². The molecule has 0 aliphatic heterocycles. The van der Waals surface area contributed by atoms with Gasteiger partial charge in [-0.3, -0.25) is 0 Å². The van der Waals surface area contributed by atoms with E-state index in [2.05, 4.69) is 8.75 Å². The number of aromatic nitrogens is 2. The van der Waals surface area contributed by atoms with Gasteiger partial charge in [0.25, 0.3) is 0 Å². The van der Waals surface area contributed by atoms with Gasteiger partial charge in [0.2, 0.25) is 5.16 Å². The van der Waals surface area contributed by atoms with E-state index < -0.39 is 19.0 Å². The first-order valence-corrected chi connectivity index (χ1v) is 9.57. The van der Waals surface area contributed by atoms with Gasteiger partial charge in [0, 0.05) is 23.5 Å². The fourth-order valence-corrected chi connectivity index (χ4v) is 5.35. The Bertz CT molecular complexity index is 848. The maximum Gasteiger partial charge on any atom is 0.347 e. The Labute approximate surface area is 116 Å². The van der Waals surface area contributed by atoms with Crippen molar-refractivity contribution < 1.29 is 12.6 Å². The van der Waals surface area contributed by atoms with Crippen LogP contribution in [0.25, 0.3) is 11.0 Å². The molecule has 1 aromatic carbocycles. The quantitative estimate of drug-likeness (QED) is 0.810. The molecule has 0 radical (unpaired) electrons. The van der Waals surface area contributed by atoms with Gasteiger partial charge in [-0.2, -0.15) is 8.42 Å². The van der Waals surface area contributed by atoms with Crippen LogP contribution in [0.1, 0.15) is 6.92 Å². The molecule has 0 bridgehead atoms. The lowest BCUT2D eigenvalue weighted by Gasteiger charge is -2.06. The molecule has 2 aromatic rings. The minimum Gasteiger partial charge on any atom is -0.316 e. The van der Waals surface area contributed by atoms with Crippen molar-refractivity contribution in [3.8, 4) is 0 Å². The Morgan fingerprint density at radius 1 is 1.32 bits per heavy atom. The highest BCUT2D eigenvalue weighted by Crippen LogP contribution is 2.21. The van der Waals surface area contributed by atoms with E-state index in [4.69, 9.17) is 10.7 Å². The number of imidazole rings is 1. The lowest BCUT2D eigenvalue weighted by molar-refractivity contribution is 0.610. The van der Waals surface area contributed by atoms with Crippen LogP contribution >= 0.6 is 10.7 Å². The minimum atomic E-state index is -4.22. The van der Waals surface area contributed by atoms with Crippen LogP contribution in [0, 0.1) is 0 Å². The van der Waals surface area contributed by atoms with E-state index in [1.165, 1.54) is 6.26 Å². The predicted molar refractivity (Wildman–Crippen MR) is 74.9 cm³/mol. The molecule has 0 aliphatic rings. The second-order valence-corrected chi connectivity index (χ2v) is 8.48. The van der Waals surface area contributed by atoms with E-state index in [1.54, 1.807) is 16.7 Å². The van der Waals surface area contributed by atoms with Crippen molar-refractivity contribution in [2.24, 2.45) is 3.77 Å². The van der Waals surface area contributed by atoms with Crippen molar-refractivity contribution in [2.45, 2.75) is 18.6 Å². The van der Waals surface area contributed by atoms with Crippen molar-refractivity contribution >= 4 is 40.7 Å². The number of para-hydroxylation sites is 2. The van der Waals surface area contributed by atoms with E-state index in [0.29, 0.717) is 12.1 Å². The average Bonchev–Trinajstić information content (AvgIpc) is 2.64. The standard InChI is InChI=1S/C10H12ClN3O3S2/c1-3-14-9-7-5-4-6-8(9)12-10(14)18(2,15)13-19(11,16)17/h4-7H,3H2,1-2H3. The molecular formula is C10H12ClN3O3S2. The number of rotatable bonds is 3. The van der Waals surface area contributed by atoms with Crippen molar-refractivity contribution in [1.29, 1.82) is 0 Å². The van der Waals surface area contributed by atoms with Crippen molar-refractivity contribution in [3.63, 3.8) is 0 Å². The molecule has 0 saturated carbocycles. The maximum atomic E-state index is 12.4. The highest BCUT2D eigenvalue weighted by molar-refractivity contribution is 8.17. The molecule has 19 heavy (non-hydrogen) atoms. The molecule has 0 amide bonds. The number of halogens is 1. The average molecular weight is 322 g/mol. The Morgan fingerprint density at radius 2 is 1.95 bits per heavy atom. The Hall–Kier alpha value is -1.12. The Balaban J connectivity index is 2.84. The molecule has 6 nitrogen and oxygen atoms in total. The Kier molecular flexibility index (Phi) is 3.59. The summed E-state index contributed by atoms with van der Waals surface area (Å²) < 4.78 is 39.3. The van der Waals surface area contributed by atoms with Crippen LogP contribution < -0.4 is 0 Å². The Morgan fingerprint density at radius 3 is 2.53 bits per heavy atom. The molecule has 0 N–H and O–H groups in total. The first-order valence-electron chi connectivity index (χ1n) is 5.38. The predicted octanol–water partition coefficient (Wildman–Crippen LogP) is 2.00. The highest BCUT2D eigenvalue weighted by atomic mass is 35.7. The lowest BCUT2D eigenvalue weighted by Crippen LogP contribution is -2.09. The third kappa shape index (κ3) is 2.90. The van der Waals surface area contributed by atoms with Gasteiger partial charge in [-0.05, 0) is 19.1 Å². The van der Waals surface area contributed by atoms with Gasteiger partial charge in [0.1, 0.15) is 9.73 Å². The lowest BCUT2D eigenvalue weighted by atomic mass is 10.3. The second-order valence-electron chi connectivity index (χ2n) is 3.92. The molecule has 1 atom stereocenters. The van der Waals surface area contributed by atoms with Crippen LogP contribution in [0.2, 0.25) is 0 Å². The van der Waals surface area contributed by atoms with E-state index in [-0.39, 0.29) is 5.16 Å². The summed E-state index contributed by atoms with van der Waals surface area (Å²) in [6.07, 6.45) is 1.21. The minimum absolute atomic E-state index is 0.112. The molecule has 0 aliphatic carbocycles. The number of fused-ring (bicyclic) bond motifs is 1. The van der Waals surface area contributed by atoms with E-state index in [0.717, 1.165) is 5.52 Å². The topological polar surface area (TPSA) is 81.4 Å². The van der Waals surface area contributed by atoms with Crippen LogP contribution in [-0.4, -0.2) is 28.4 Å². The van der Waals surface area contributed by atoms with Crippen LogP contribution in [0.4, 0.5) is 0 Å². The van der Waals surface area contributed by atoms with Crippen LogP contribution in [0.3, 0.4) is 0 Å². The second kappa shape index (κ2) is 4.77. The van der Waals surface area contributed by atoms with Gasteiger partial charge < -0.3 is 4.57 Å². The number of hydrogen-bond acceptors (Lipinski definition) is 4. The van der Waals surface area contributed by atoms with E-state index in [9.17, 15) is 12.6 Å². The number of aryl methyl sites for hydroxylation is 1. The molecule has 0 spiro atoms. The molecule has 1 unspecified atom stereocenters. The highest BCUT2D eigenvalue weighted by Gasteiger charge is 2.19. The normalized spacial score (nSPS) is 15.3. The summed E-state index contributed by atoms with van der Waals surface area (Å²) in [4.78, 5) is 4.21. The summed E-state index contributed by atoms with van der Waals surface area (Å²) in [5.41, 5.74) is 1.41. The van der Waals surface area contributed by atoms with Crippen molar-refractivity contribution in [3.05, 3.63) is 24.3 Å². The van der Waals surface area contributed by atoms with Crippen molar-refractivity contribution in [2.75, 3.05) is 6.26 Å². The fraction of sp³-hybridized carbons (Fsp3) is 0.300. The summed E-state index contributed by atoms with van der Waals surface area (Å²) in [5.74, 6) is 0. The van der Waals surface area contributed by atoms with Gasteiger partial charge in [-0.15, -0.1) is 0 Å². The fourth-order valence-electron chi connectivity index (χ4n) is 1.85. The molecule has 104 valence electrons. The third-order valence-electron chi connectivity index (χ3n) is 2.51. The first kappa shape index (κ1) is 14.3. The number of benzene rings is 1. The molecule has 9 heteroatoms. The number of nitrogens with zero attached hydrogens (tertiary/aromatic N) is 3. The zero-order chi connectivity index (χ0) is 14.3. The first-order chi connectivity index (χ1) is 8.74. The van der Waals surface area contributed by atoms with Crippen LogP contribution in [-0.2, 0) is 25.5 Å². The van der Waals surface area contributed by atoms with Gasteiger partial charge in [0.05, 0.1) is 11.0 Å². The van der Waals surface area contributed by atoms with Gasteiger partial charge in [-0.25, -0.2) is 9.19 Å². The maximum absolute atomic E-state index is 12.4. The van der Waals surface area contributed by atoms with Crippen LogP contribution in [0.5, 0.6) is 0 Å². The molecule has 1 aromatic heterocycles. The van der Waals surface area contributed by atoms with Gasteiger partial charge >= 0.3 is 9.24 Å². The largest absolute Gasteiger partial charge is 0.347 e. The summed E-state index contributed by atoms with van der Waals surface area (Å²) in [6, 6.07) is 7.20. The van der Waals surface area contributed by atoms with Gasteiger partial charge in [-0.1, -0.05) is 15.9 Å². The molecule has 0 saturated heterocycles. The zero-order valence-corrected chi connectivity index (χ0v) is 12.7. The molecule has 1 heterocycles. The molecule has 2 rings (SSSR count). The molecule has 0 fully saturated rings. The zero-order valence-electron chi connectivity index (χ0n) is 10.3. The summed E-state index contributed by atoms with van der Waals surface area (Å²) in [7, 11) is -2.39. The van der Waals surface area contributed by atoms with E-state index in [1.807, 2.05) is 19.1 Å². The molecular weight excluding hydrogens is 310 g/mol. The summed E-state index contributed by atoms with van der Waals surface area (Å²) >= 11 is 0. The van der Waals surface area contributed by atoms with Crippen LogP contribution in [0.15, 0.2) is 33.2 Å². The summed E-state index contributed by atoms with van der Waals surface area (Å²) in [5, 5.41) is 0.112. The smallest absolute Gasteiger partial charge is 0.316 e.